The van der Waals surface area contributed by atoms with Crippen molar-refractivity contribution in [2.75, 3.05) is 5.75 Å². The first kappa shape index (κ1) is 14.1. The molecule has 1 heterocycles. The van der Waals surface area contributed by atoms with Crippen LogP contribution < -0.4 is 0 Å². The number of unbranched alkanes of at least 4 members (excludes halogenated alkanes) is 1. The van der Waals surface area contributed by atoms with Gasteiger partial charge in [-0.25, -0.2) is 4.98 Å². The molecule has 1 N–H and O–H groups in total. The average Bonchev–Trinajstić information content (AvgIpc) is 2.64. The second kappa shape index (κ2) is 6.69. The van der Waals surface area contributed by atoms with Crippen molar-refractivity contribution in [3.8, 4) is 0 Å². The fourth-order valence-electron chi connectivity index (χ4n) is 1.82. The van der Waals surface area contributed by atoms with Gasteiger partial charge in [0.15, 0.2) is 5.16 Å². The minimum absolute atomic E-state index is 0.0664. The molecule has 0 radical (unpaired) electrons. The maximum absolute atomic E-state index is 10.6. The van der Waals surface area contributed by atoms with E-state index in [1.165, 1.54) is 24.6 Å². The summed E-state index contributed by atoms with van der Waals surface area (Å²) in [5, 5.41) is 9.51. The van der Waals surface area contributed by atoms with Crippen molar-refractivity contribution in [1.29, 1.82) is 0 Å². The predicted octanol–water partition coefficient (Wildman–Crippen LogP) is 3.12. The number of aryl methyl sites for hydroxylation is 1. The van der Waals surface area contributed by atoms with Gasteiger partial charge in [-0.2, -0.15) is 0 Å². The van der Waals surface area contributed by atoms with Crippen LogP contribution in [0.3, 0.4) is 0 Å². The lowest BCUT2D eigenvalue weighted by atomic mass is 10.1. The van der Waals surface area contributed by atoms with Gasteiger partial charge in [0.1, 0.15) is 0 Å². The number of carbonyl (C=O) groups is 1. The Kier molecular flexibility index (Phi) is 5.55. The quantitative estimate of drug-likeness (QED) is 0.762. The molecule has 0 aliphatic carbocycles. The largest absolute Gasteiger partial charge is 0.481 e. The summed E-state index contributed by atoms with van der Waals surface area (Å²) in [6, 6.07) is 0.383. The van der Waals surface area contributed by atoms with E-state index in [-0.39, 0.29) is 5.75 Å². The van der Waals surface area contributed by atoms with E-state index in [1.54, 1.807) is 0 Å². The van der Waals surface area contributed by atoms with Crippen LogP contribution in [0.25, 0.3) is 0 Å². The van der Waals surface area contributed by atoms with Gasteiger partial charge in [0.25, 0.3) is 0 Å². The first-order chi connectivity index (χ1) is 8.06. The molecule has 5 heteroatoms. The first-order valence-corrected chi connectivity index (χ1v) is 6.93. The van der Waals surface area contributed by atoms with E-state index >= 15 is 0 Å². The summed E-state index contributed by atoms with van der Waals surface area (Å²) < 4.78 is 2.14. The summed E-state index contributed by atoms with van der Waals surface area (Å²) in [6.07, 6.45) is 5.28. The van der Waals surface area contributed by atoms with E-state index in [9.17, 15) is 4.79 Å². The smallest absolute Gasteiger partial charge is 0.313 e. The van der Waals surface area contributed by atoms with Gasteiger partial charge >= 0.3 is 5.97 Å². The second-order valence-corrected chi connectivity index (χ2v) is 5.17. The molecule has 0 fully saturated rings. The topological polar surface area (TPSA) is 55.1 Å². The minimum atomic E-state index is -0.802. The van der Waals surface area contributed by atoms with Crippen LogP contribution in [0.2, 0.25) is 0 Å². The highest BCUT2D eigenvalue weighted by atomic mass is 32.2. The number of aliphatic carboxylic acids is 1. The number of hydrogen-bond donors (Lipinski definition) is 1. The van der Waals surface area contributed by atoms with E-state index in [1.807, 2.05) is 13.1 Å². The molecule has 1 rings (SSSR count). The lowest BCUT2D eigenvalue weighted by Crippen LogP contribution is -2.09. The number of nitrogens with zero attached hydrogens (tertiary/aromatic N) is 2. The van der Waals surface area contributed by atoms with Gasteiger partial charge in [-0.15, -0.1) is 0 Å². The molecule has 0 saturated carbocycles. The van der Waals surface area contributed by atoms with Crippen LogP contribution in [-0.2, 0) is 4.79 Å². The highest BCUT2D eigenvalue weighted by Gasteiger charge is 2.14. The molecule has 96 valence electrons. The highest BCUT2D eigenvalue weighted by molar-refractivity contribution is 7.99. The maximum Gasteiger partial charge on any atom is 0.313 e. The molecule has 0 bridgehead atoms. The van der Waals surface area contributed by atoms with Crippen LogP contribution in [0.4, 0.5) is 0 Å². The van der Waals surface area contributed by atoms with E-state index in [4.69, 9.17) is 5.11 Å². The molecule has 0 spiro atoms. The van der Waals surface area contributed by atoms with Crippen LogP contribution >= 0.6 is 11.8 Å². The molecule has 0 aliphatic heterocycles. The molecule has 1 unspecified atom stereocenters. The van der Waals surface area contributed by atoms with E-state index in [0.29, 0.717) is 6.04 Å². The Morgan fingerprint density at radius 2 is 2.35 bits per heavy atom. The zero-order chi connectivity index (χ0) is 12.8. The van der Waals surface area contributed by atoms with Gasteiger partial charge in [0, 0.05) is 17.9 Å². The van der Waals surface area contributed by atoms with Gasteiger partial charge in [-0.05, 0) is 20.3 Å². The van der Waals surface area contributed by atoms with Crippen molar-refractivity contribution >= 4 is 17.7 Å². The van der Waals surface area contributed by atoms with Gasteiger partial charge in [0.2, 0.25) is 0 Å². The second-order valence-electron chi connectivity index (χ2n) is 4.23. The highest BCUT2D eigenvalue weighted by Crippen LogP contribution is 2.25. The van der Waals surface area contributed by atoms with Crippen molar-refractivity contribution in [3.05, 3.63) is 11.9 Å². The zero-order valence-electron chi connectivity index (χ0n) is 10.6. The standard InChI is InChI=1S/C12H20N2O2S/c1-4-5-6-9(2)14-10(3)7-13-12(14)17-8-11(15)16/h7,9H,4-6,8H2,1-3H3,(H,15,16). The molecule has 1 atom stereocenters. The molecule has 1 aromatic rings. The Labute approximate surface area is 106 Å². The van der Waals surface area contributed by atoms with Crippen LogP contribution in [0, 0.1) is 6.92 Å². The Morgan fingerprint density at radius 1 is 1.65 bits per heavy atom. The number of hydrogen-bond acceptors (Lipinski definition) is 3. The van der Waals surface area contributed by atoms with Crippen LogP contribution in [-0.4, -0.2) is 26.4 Å². The molecule has 0 aromatic carbocycles. The Morgan fingerprint density at radius 3 is 2.94 bits per heavy atom. The number of aromatic nitrogens is 2. The van der Waals surface area contributed by atoms with Crippen LogP contribution in [0.1, 0.15) is 44.8 Å². The maximum atomic E-state index is 10.6. The Hall–Kier alpha value is -0.970. The third-order valence-corrected chi connectivity index (χ3v) is 3.64. The number of carboxylic acid groups (broad SMARTS) is 1. The molecule has 1 aromatic heterocycles. The lowest BCUT2D eigenvalue weighted by molar-refractivity contribution is -0.133. The SMILES string of the molecule is CCCCC(C)n1c(C)cnc1SCC(=O)O. The Balaban J connectivity index is 2.74. The fourth-order valence-corrected chi connectivity index (χ4v) is 2.66. The lowest BCUT2D eigenvalue weighted by Gasteiger charge is -2.17. The zero-order valence-corrected chi connectivity index (χ0v) is 11.5. The molecular formula is C12H20N2O2S. The van der Waals surface area contributed by atoms with Crippen molar-refractivity contribution < 1.29 is 9.90 Å². The Bertz CT molecular complexity index is 377. The van der Waals surface area contributed by atoms with E-state index in [0.717, 1.165) is 17.3 Å². The minimum Gasteiger partial charge on any atom is -0.481 e. The fraction of sp³-hybridized carbons (Fsp3) is 0.667. The summed E-state index contributed by atoms with van der Waals surface area (Å²) in [7, 11) is 0. The van der Waals surface area contributed by atoms with E-state index < -0.39 is 5.97 Å². The number of rotatable bonds is 7. The van der Waals surface area contributed by atoms with Gasteiger partial charge in [-0.1, -0.05) is 31.5 Å². The summed E-state index contributed by atoms with van der Waals surface area (Å²) in [5.41, 5.74) is 1.10. The normalized spacial score (nSPS) is 12.6. The summed E-state index contributed by atoms with van der Waals surface area (Å²) in [6.45, 7) is 6.35. The number of carboxylic acids is 1. The number of thioether (sulfide) groups is 1. The van der Waals surface area contributed by atoms with Crippen LogP contribution in [0.5, 0.6) is 0 Å². The van der Waals surface area contributed by atoms with Gasteiger partial charge in [-0.3, -0.25) is 4.79 Å². The number of imidazole rings is 1. The van der Waals surface area contributed by atoms with Gasteiger partial charge < -0.3 is 9.67 Å². The van der Waals surface area contributed by atoms with Crippen molar-refractivity contribution in [2.45, 2.75) is 51.2 Å². The monoisotopic (exact) mass is 256 g/mol. The third kappa shape index (κ3) is 4.07. The molecule has 17 heavy (non-hydrogen) atoms. The van der Waals surface area contributed by atoms with Crippen molar-refractivity contribution in [2.24, 2.45) is 0 Å². The van der Waals surface area contributed by atoms with Gasteiger partial charge in [0.05, 0.1) is 5.75 Å². The molecule has 4 nitrogen and oxygen atoms in total. The first-order valence-electron chi connectivity index (χ1n) is 5.94. The summed E-state index contributed by atoms with van der Waals surface area (Å²) >= 11 is 1.29. The molecule has 0 aliphatic rings. The van der Waals surface area contributed by atoms with E-state index in [2.05, 4.69) is 23.4 Å². The van der Waals surface area contributed by atoms with Crippen molar-refractivity contribution in [3.63, 3.8) is 0 Å². The molecular weight excluding hydrogens is 236 g/mol. The summed E-state index contributed by atoms with van der Waals surface area (Å²) in [4.78, 5) is 14.9. The average molecular weight is 256 g/mol. The summed E-state index contributed by atoms with van der Waals surface area (Å²) in [5.74, 6) is -0.736. The van der Waals surface area contributed by atoms with Crippen molar-refractivity contribution in [1.82, 2.24) is 9.55 Å². The molecule has 0 saturated heterocycles. The molecule has 0 amide bonds. The predicted molar refractivity (Wildman–Crippen MR) is 69.6 cm³/mol. The van der Waals surface area contributed by atoms with Crippen LogP contribution in [0.15, 0.2) is 11.4 Å². The third-order valence-electron chi connectivity index (χ3n) is 2.69.